The second kappa shape index (κ2) is 4.46. The molecule has 92 valence electrons. The van der Waals surface area contributed by atoms with Gasteiger partial charge in [-0.1, -0.05) is 12.2 Å². The summed E-state index contributed by atoms with van der Waals surface area (Å²) in [6.07, 6.45) is 5.17. The van der Waals surface area contributed by atoms with Gasteiger partial charge in [-0.05, 0) is 31.0 Å². The van der Waals surface area contributed by atoms with Crippen molar-refractivity contribution in [2.45, 2.75) is 23.8 Å². The summed E-state index contributed by atoms with van der Waals surface area (Å²) in [5, 5.41) is 0. The van der Waals surface area contributed by atoms with E-state index in [-0.39, 0.29) is 16.6 Å². The molecule has 0 unspecified atom stereocenters. The van der Waals surface area contributed by atoms with E-state index in [4.69, 9.17) is 5.73 Å². The lowest BCUT2D eigenvalue weighted by atomic mass is 10.3. The van der Waals surface area contributed by atoms with Gasteiger partial charge in [-0.2, -0.15) is 0 Å². The van der Waals surface area contributed by atoms with E-state index in [0.717, 1.165) is 12.1 Å². The fourth-order valence-corrected chi connectivity index (χ4v) is 3.14. The molecule has 2 rings (SSSR count). The van der Waals surface area contributed by atoms with E-state index in [9.17, 15) is 12.8 Å². The molecule has 0 saturated heterocycles. The lowest BCUT2D eigenvalue weighted by Crippen LogP contribution is -2.33. The minimum Gasteiger partial charge on any atom is -0.398 e. The molecule has 1 aliphatic rings. The van der Waals surface area contributed by atoms with Crippen LogP contribution in [0.2, 0.25) is 0 Å². The van der Waals surface area contributed by atoms with Gasteiger partial charge in [0.15, 0.2) is 0 Å². The molecule has 0 spiro atoms. The Kier molecular flexibility index (Phi) is 3.17. The first kappa shape index (κ1) is 12.1. The normalized spacial score (nSPS) is 16.5. The molecule has 1 aromatic rings. The summed E-state index contributed by atoms with van der Waals surface area (Å²) in [5.74, 6) is -0.552. The smallest absolute Gasteiger partial charge is 0.242 e. The summed E-state index contributed by atoms with van der Waals surface area (Å²) in [4.78, 5) is -0.0780. The lowest BCUT2D eigenvalue weighted by Gasteiger charge is -2.13. The van der Waals surface area contributed by atoms with E-state index in [1.807, 2.05) is 12.2 Å². The van der Waals surface area contributed by atoms with Crippen molar-refractivity contribution in [1.82, 2.24) is 4.72 Å². The molecule has 0 aliphatic heterocycles. The van der Waals surface area contributed by atoms with E-state index >= 15 is 0 Å². The van der Waals surface area contributed by atoms with Gasteiger partial charge >= 0.3 is 0 Å². The molecule has 1 aliphatic carbocycles. The molecule has 17 heavy (non-hydrogen) atoms. The van der Waals surface area contributed by atoms with E-state index < -0.39 is 15.8 Å². The Morgan fingerprint density at radius 1 is 1.29 bits per heavy atom. The summed E-state index contributed by atoms with van der Waals surface area (Å²) < 4.78 is 39.3. The second-order valence-corrected chi connectivity index (χ2v) is 5.63. The fourth-order valence-electron chi connectivity index (χ4n) is 1.76. The first-order valence-corrected chi connectivity index (χ1v) is 6.70. The maximum Gasteiger partial charge on any atom is 0.242 e. The van der Waals surface area contributed by atoms with E-state index in [2.05, 4.69) is 4.72 Å². The lowest BCUT2D eigenvalue weighted by molar-refractivity contribution is 0.557. The zero-order valence-electron chi connectivity index (χ0n) is 9.06. The van der Waals surface area contributed by atoms with Gasteiger partial charge in [-0.15, -0.1) is 0 Å². The van der Waals surface area contributed by atoms with Gasteiger partial charge in [0.2, 0.25) is 10.0 Å². The van der Waals surface area contributed by atoms with Crippen LogP contribution in [0.5, 0.6) is 0 Å². The Morgan fingerprint density at radius 3 is 2.53 bits per heavy atom. The van der Waals surface area contributed by atoms with Crippen LogP contribution in [0.15, 0.2) is 35.2 Å². The number of anilines is 1. The van der Waals surface area contributed by atoms with Crippen LogP contribution in [0, 0.1) is 5.82 Å². The molecule has 3 N–H and O–H groups in total. The topological polar surface area (TPSA) is 72.2 Å². The monoisotopic (exact) mass is 256 g/mol. The van der Waals surface area contributed by atoms with Crippen molar-refractivity contribution < 1.29 is 12.8 Å². The number of nitrogen functional groups attached to an aromatic ring is 1. The van der Waals surface area contributed by atoms with Crippen molar-refractivity contribution in [1.29, 1.82) is 0 Å². The first-order valence-electron chi connectivity index (χ1n) is 5.21. The van der Waals surface area contributed by atoms with Crippen LogP contribution in [0.3, 0.4) is 0 Å². The second-order valence-electron chi connectivity index (χ2n) is 3.94. The van der Waals surface area contributed by atoms with Crippen LogP contribution in [0.4, 0.5) is 10.1 Å². The van der Waals surface area contributed by atoms with Crippen LogP contribution in [-0.4, -0.2) is 14.5 Å². The molecule has 1 aromatic carbocycles. The number of hydrogen-bond donors (Lipinski definition) is 2. The fraction of sp³-hybridized carbons (Fsp3) is 0.273. The summed E-state index contributed by atoms with van der Waals surface area (Å²) in [6.45, 7) is 0. The van der Waals surface area contributed by atoms with Gasteiger partial charge in [-0.25, -0.2) is 17.5 Å². The Morgan fingerprint density at radius 2 is 1.94 bits per heavy atom. The summed E-state index contributed by atoms with van der Waals surface area (Å²) in [5.41, 5.74) is 5.43. The van der Waals surface area contributed by atoms with Gasteiger partial charge in [0, 0.05) is 6.04 Å². The number of nitrogens with two attached hydrogens (primary N) is 1. The number of nitrogens with one attached hydrogen (secondary N) is 1. The zero-order valence-corrected chi connectivity index (χ0v) is 9.87. The minimum absolute atomic E-state index is 0.0780. The molecule has 0 bridgehead atoms. The maximum atomic E-state index is 12.8. The highest BCUT2D eigenvalue weighted by Gasteiger charge is 2.22. The average Bonchev–Trinajstić information content (AvgIpc) is 2.68. The van der Waals surface area contributed by atoms with Crippen LogP contribution in [0.1, 0.15) is 12.8 Å². The first-order chi connectivity index (χ1) is 7.99. The summed E-state index contributed by atoms with van der Waals surface area (Å²) in [7, 11) is -3.67. The molecule has 6 heteroatoms. The predicted molar refractivity (Wildman–Crippen MR) is 63.3 cm³/mol. The third-order valence-electron chi connectivity index (χ3n) is 2.59. The van der Waals surface area contributed by atoms with Crippen LogP contribution < -0.4 is 10.5 Å². The van der Waals surface area contributed by atoms with Gasteiger partial charge in [-0.3, -0.25) is 0 Å². The number of hydrogen-bond acceptors (Lipinski definition) is 3. The quantitative estimate of drug-likeness (QED) is 0.634. The Hall–Kier alpha value is -1.40. The highest BCUT2D eigenvalue weighted by molar-refractivity contribution is 7.89. The Balaban J connectivity index is 2.25. The molecule has 0 aromatic heterocycles. The van der Waals surface area contributed by atoms with Crippen molar-refractivity contribution in [2.75, 3.05) is 5.73 Å². The largest absolute Gasteiger partial charge is 0.398 e. The standard InChI is InChI=1S/C11H13FN2O2S/c12-8-5-6-11(10(13)7-8)17(15,16)14-9-3-1-2-4-9/h1-2,5-7,9,14H,3-4,13H2. The van der Waals surface area contributed by atoms with Crippen molar-refractivity contribution in [2.24, 2.45) is 0 Å². The summed E-state index contributed by atoms with van der Waals surface area (Å²) in [6, 6.07) is 3.12. The molecule has 0 amide bonds. The molecule has 0 fully saturated rings. The van der Waals surface area contributed by atoms with E-state index in [1.54, 1.807) is 0 Å². The average molecular weight is 256 g/mol. The van der Waals surface area contributed by atoms with Gasteiger partial charge in [0.05, 0.1) is 5.69 Å². The van der Waals surface area contributed by atoms with Gasteiger partial charge in [0.25, 0.3) is 0 Å². The third-order valence-corrected chi connectivity index (χ3v) is 4.19. The third kappa shape index (κ3) is 2.65. The molecule has 0 saturated carbocycles. The molecular formula is C11H13FN2O2S. The highest BCUT2D eigenvalue weighted by atomic mass is 32.2. The Labute approximate surface area is 99.4 Å². The van der Waals surface area contributed by atoms with Crippen LogP contribution in [-0.2, 0) is 10.0 Å². The number of benzene rings is 1. The number of halogens is 1. The summed E-state index contributed by atoms with van der Waals surface area (Å²) >= 11 is 0. The number of rotatable bonds is 3. The number of sulfonamides is 1. The van der Waals surface area contributed by atoms with Crippen molar-refractivity contribution in [3.8, 4) is 0 Å². The van der Waals surface area contributed by atoms with Crippen molar-refractivity contribution in [3.63, 3.8) is 0 Å². The van der Waals surface area contributed by atoms with Gasteiger partial charge in [0.1, 0.15) is 10.7 Å². The SMILES string of the molecule is Nc1cc(F)ccc1S(=O)(=O)NC1CC=CC1. The van der Waals surface area contributed by atoms with Crippen LogP contribution >= 0.6 is 0 Å². The molecule has 0 atom stereocenters. The maximum absolute atomic E-state index is 12.8. The zero-order chi connectivity index (χ0) is 12.5. The molecule has 0 heterocycles. The molecular weight excluding hydrogens is 243 g/mol. The minimum atomic E-state index is -3.67. The van der Waals surface area contributed by atoms with E-state index in [0.29, 0.717) is 12.8 Å². The van der Waals surface area contributed by atoms with Crippen molar-refractivity contribution >= 4 is 15.7 Å². The van der Waals surface area contributed by atoms with Crippen LogP contribution in [0.25, 0.3) is 0 Å². The molecule has 0 radical (unpaired) electrons. The Bertz CT molecular complexity index is 547. The molecule has 4 nitrogen and oxygen atoms in total. The van der Waals surface area contributed by atoms with Gasteiger partial charge < -0.3 is 5.73 Å². The van der Waals surface area contributed by atoms with Crippen molar-refractivity contribution in [3.05, 3.63) is 36.2 Å². The highest BCUT2D eigenvalue weighted by Crippen LogP contribution is 2.21. The van der Waals surface area contributed by atoms with E-state index in [1.165, 1.54) is 6.07 Å². The predicted octanol–water partition coefficient (Wildman–Crippen LogP) is 1.40.